The highest BCUT2D eigenvalue weighted by Gasteiger charge is 2.49. The van der Waals surface area contributed by atoms with Crippen LogP contribution in [-0.4, -0.2) is 25.5 Å². The molecule has 0 spiro atoms. The molecule has 24 heavy (non-hydrogen) atoms. The largest absolute Gasteiger partial charge is 0.464 e. The lowest BCUT2D eigenvalue weighted by atomic mass is 9.72. The van der Waals surface area contributed by atoms with Gasteiger partial charge < -0.3 is 9.84 Å². The van der Waals surface area contributed by atoms with Crippen LogP contribution in [0.15, 0.2) is 30.9 Å². The fourth-order valence-electron chi connectivity index (χ4n) is 2.65. The van der Waals surface area contributed by atoms with E-state index in [1.54, 1.807) is 18.2 Å². The van der Waals surface area contributed by atoms with E-state index >= 15 is 0 Å². The Bertz CT molecular complexity index is 671. The standard InChI is InChI=1S/C17H23Cl2N3O2/c1-5-8-17(23,16(2,3)4)15(22-11-20-10-21-22)24-14-7-6-12(18)9-13(14)19/h6-7,9-11,15,23H,5,8H2,1-4H3. The molecule has 5 nitrogen and oxygen atoms in total. The zero-order valence-electron chi connectivity index (χ0n) is 14.3. The smallest absolute Gasteiger partial charge is 0.222 e. The summed E-state index contributed by atoms with van der Waals surface area (Å²) >= 11 is 12.2. The Morgan fingerprint density at radius 3 is 2.50 bits per heavy atom. The van der Waals surface area contributed by atoms with E-state index in [1.807, 2.05) is 27.7 Å². The van der Waals surface area contributed by atoms with Gasteiger partial charge in [-0.2, -0.15) is 5.10 Å². The highest BCUT2D eigenvalue weighted by molar-refractivity contribution is 6.35. The van der Waals surface area contributed by atoms with Gasteiger partial charge in [-0.25, -0.2) is 9.67 Å². The molecule has 0 aliphatic rings. The molecule has 0 bridgehead atoms. The van der Waals surface area contributed by atoms with E-state index in [4.69, 9.17) is 27.9 Å². The molecule has 2 unspecified atom stereocenters. The summed E-state index contributed by atoms with van der Waals surface area (Å²) in [5.74, 6) is 0.431. The van der Waals surface area contributed by atoms with Gasteiger partial charge in [-0.3, -0.25) is 0 Å². The SMILES string of the molecule is CCCC(O)(C(Oc1ccc(Cl)cc1Cl)n1cncn1)C(C)(C)C. The normalized spacial score (nSPS) is 15.8. The van der Waals surface area contributed by atoms with Gasteiger partial charge in [-0.15, -0.1) is 0 Å². The van der Waals surface area contributed by atoms with Crippen molar-refractivity contribution in [2.24, 2.45) is 5.41 Å². The van der Waals surface area contributed by atoms with Crippen LogP contribution < -0.4 is 4.74 Å². The second-order valence-corrected chi connectivity index (χ2v) is 7.69. The molecule has 0 amide bonds. The fraction of sp³-hybridized carbons (Fsp3) is 0.529. The molecule has 1 aromatic heterocycles. The van der Waals surface area contributed by atoms with Gasteiger partial charge in [0.15, 0.2) is 0 Å². The summed E-state index contributed by atoms with van der Waals surface area (Å²) in [5, 5.41) is 16.6. The fourth-order valence-corrected chi connectivity index (χ4v) is 3.10. The van der Waals surface area contributed by atoms with Gasteiger partial charge in [0.05, 0.1) is 5.02 Å². The van der Waals surface area contributed by atoms with Crippen molar-refractivity contribution in [2.75, 3.05) is 0 Å². The van der Waals surface area contributed by atoms with Gasteiger partial charge in [0.2, 0.25) is 6.23 Å². The average Bonchev–Trinajstić information content (AvgIpc) is 2.99. The van der Waals surface area contributed by atoms with E-state index in [0.717, 1.165) is 6.42 Å². The molecule has 0 radical (unpaired) electrons. The summed E-state index contributed by atoms with van der Waals surface area (Å²) in [7, 11) is 0. The summed E-state index contributed by atoms with van der Waals surface area (Å²) in [5.41, 5.74) is -1.64. The minimum atomic E-state index is -1.18. The van der Waals surface area contributed by atoms with Gasteiger partial charge in [-0.05, 0) is 30.0 Å². The van der Waals surface area contributed by atoms with Gasteiger partial charge >= 0.3 is 0 Å². The molecular formula is C17H23Cl2N3O2. The summed E-state index contributed by atoms with van der Waals surface area (Å²) < 4.78 is 7.63. The van der Waals surface area contributed by atoms with Gasteiger partial charge in [0.1, 0.15) is 24.0 Å². The van der Waals surface area contributed by atoms with Crippen LogP contribution in [0.4, 0.5) is 0 Å². The first-order valence-corrected chi connectivity index (χ1v) is 8.63. The second-order valence-electron chi connectivity index (χ2n) is 6.84. The van der Waals surface area contributed by atoms with E-state index in [0.29, 0.717) is 22.2 Å². The number of hydrogen-bond donors (Lipinski definition) is 1. The molecule has 0 aliphatic carbocycles. The van der Waals surface area contributed by atoms with Gasteiger partial charge in [0, 0.05) is 5.02 Å². The molecule has 1 heterocycles. The third-order valence-corrected chi connectivity index (χ3v) is 4.68. The summed E-state index contributed by atoms with van der Waals surface area (Å²) in [6.07, 6.45) is 3.48. The highest BCUT2D eigenvalue weighted by Crippen LogP contribution is 2.44. The first-order chi connectivity index (χ1) is 11.2. The first kappa shape index (κ1) is 19.0. The second kappa shape index (κ2) is 7.30. The Hall–Kier alpha value is -1.30. The van der Waals surface area contributed by atoms with Gasteiger partial charge in [0.25, 0.3) is 0 Å². The topological polar surface area (TPSA) is 60.2 Å². The van der Waals surface area contributed by atoms with Crippen molar-refractivity contribution in [3.8, 4) is 5.75 Å². The van der Waals surface area contributed by atoms with E-state index in [2.05, 4.69) is 10.1 Å². The zero-order chi connectivity index (χ0) is 18.0. The number of nitrogens with zero attached hydrogens (tertiary/aromatic N) is 3. The molecule has 2 aromatic rings. The lowest BCUT2D eigenvalue weighted by molar-refractivity contribution is -0.170. The number of rotatable bonds is 6. The van der Waals surface area contributed by atoms with Crippen molar-refractivity contribution in [2.45, 2.75) is 52.4 Å². The maximum absolute atomic E-state index is 11.5. The number of aliphatic hydroxyl groups is 1. The van der Waals surface area contributed by atoms with E-state index in [9.17, 15) is 5.11 Å². The Kier molecular flexibility index (Phi) is 5.78. The maximum Gasteiger partial charge on any atom is 0.222 e. The van der Waals surface area contributed by atoms with Crippen molar-refractivity contribution in [1.29, 1.82) is 0 Å². The van der Waals surface area contributed by atoms with Crippen LogP contribution in [-0.2, 0) is 0 Å². The number of aromatic nitrogens is 3. The predicted molar refractivity (Wildman–Crippen MR) is 95.5 cm³/mol. The molecule has 2 atom stereocenters. The van der Waals surface area contributed by atoms with Crippen molar-refractivity contribution >= 4 is 23.2 Å². The first-order valence-electron chi connectivity index (χ1n) is 7.87. The number of ether oxygens (including phenoxy) is 1. The molecule has 7 heteroatoms. The molecule has 2 rings (SSSR count). The highest BCUT2D eigenvalue weighted by atomic mass is 35.5. The van der Waals surface area contributed by atoms with E-state index in [1.165, 1.54) is 17.3 Å². The predicted octanol–water partition coefficient (Wildman–Crippen LogP) is 4.74. The third-order valence-electron chi connectivity index (χ3n) is 4.15. The van der Waals surface area contributed by atoms with Crippen molar-refractivity contribution < 1.29 is 9.84 Å². The van der Waals surface area contributed by atoms with Crippen LogP contribution in [0, 0.1) is 5.41 Å². The number of benzene rings is 1. The molecule has 0 saturated heterocycles. The molecule has 1 aromatic carbocycles. The van der Waals surface area contributed by atoms with Crippen LogP contribution in [0.1, 0.15) is 46.8 Å². The Labute approximate surface area is 152 Å². The Morgan fingerprint density at radius 2 is 2.00 bits per heavy atom. The Balaban J connectivity index is 2.49. The molecule has 1 N–H and O–H groups in total. The molecule has 0 saturated carbocycles. The lowest BCUT2D eigenvalue weighted by Crippen LogP contribution is -2.52. The third kappa shape index (κ3) is 3.85. The summed E-state index contributed by atoms with van der Waals surface area (Å²) in [6.45, 7) is 7.93. The van der Waals surface area contributed by atoms with Gasteiger partial charge in [-0.1, -0.05) is 57.3 Å². The monoisotopic (exact) mass is 371 g/mol. The minimum absolute atomic E-state index is 0.375. The summed E-state index contributed by atoms with van der Waals surface area (Å²) in [4.78, 5) is 3.98. The van der Waals surface area contributed by atoms with Crippen LogP contribution in [0.5, 0.6) is 5.75 Å². The van der Waals surface area contributed by atoms with E-state index < -0.39 is 17.2 Å². The van der Waals surface area contributed by atoms with Crippen LogP contribution in [0.25, 0.3) is 0 Å². The number of hydrogen-bond acceptors (Lipinski definition) is 4. The minimum Gasteiger partial charge on any atom is -0.464 e. The van der Waals surface area contributed by atoms with Crippen LogP contribution in [0.3, 0.4) is 0 Å². The molecule has 132 valence electrons. The van der Waals surface area contributed by atoms with E-state index in [-0.39, 0.29) is 0 Å². The molecule has 0 fully saturated rings. The van der Waals surface area contributed by atoms with Crippen molar-refractivity contribution in [3.63, 3.8) is 0 Å². The number of halogens is 2. The summed E-state index contributed by atoms with van der Waals surface area (Å²) in [6, 6.07) is 4.98. The zero-order valence-corrected chi connectivity index (χ0v) is 15.8. The maximum atomic E-state index is 11.5. The lowest BCUT2D eigenvalue weighted by Gasteiger charge is -2.45. The van der Waals surface area contributed by atoms with Crippen LogP contribution >= 0.6 is 23.2 Å². The Morgan fingerprint density at radius 1 is 1.29 bits per heavy atom. The van der Waals surface area contributed by atoms with Crippen molar-refractivity contribution in [3.05, 3.63) is 40.9 Å². The molecular weight excluding hydrogens is 349 g/mol. The molecule has 0 aliphatic heterocycles. The van der Waals surface area contributed by atoms with Crippen molar-refractivity contribution in [1.82, 2.24) is 14.8 Å². The quantitative estimate of drug-likeness (QED) is 0.796. The average molecular weight is 372 g/mol. The van der Waals surface area contributed by atoms with Crippen LogP contribution in [0.2, 0.25) is 10.0 Å².